The number of hydrogen-bond acceptors (Lipinski definition) is 7. The van der Waals surface area contributed by atoms with E-state index in [1.54, 1.807) is 16.8 Å². The van der Waals surface area contributed by atoms with Gasteiger partial charge in [-0.2, -0.15) is 10.2 Å². The fourth-order valence-corrected chi connectivity index (χ4v) is 5.92. The summed E-state index contributed by atoms with van der Waals surface area (Å²) in [7, 11) is 0. The number of nitrogens with one attached hydrogen (secondary N) is 2. The molecule has 4 heterocycles. The van der Waals surface area contributed by atoms with Gasteiger partial charge >= 0.3 is 0 Å². The molecule has 1 spiro atoms. The van der Waals surface area contributed by atoms with E-state index in [4.69, 9.17) is 4.98 Å². The summed E-state index contributed by atoms with van der Waals surface area (Å²) in [6.07, 6.45) is 4.70. The summed E-state index contributed by atoms with van der Waals surface area (Å²) in [6, 6.07) is 12.0. The molecule has 2 N–H and O–H groups in total. The van der Waals surface area contributed by atoms with Crippen LogP contribution in [-0.2, 0) is 5.54 Å². The van der Waals surface area contributed by atoms with Gasteiger partial charge in [-0.3, -0.25) is 9.36 Å². The van der Waals surface area contributed by atoms with E-state index in [9.17, 15) is 10.1 Å². The van der Waals surface area contributed by atoms with Gasteiger partial charge in [-0.1, -0.05) is 0 Å². The van der Waals surface area contributed by atoms with Gasteiger partial charge in [0.1, 0.15) is 17.3 Å². The maximum absolute atomic E-state index is 13.0. The molecule has 5 aliphatic rings. The van der Waals surface area contributed by atoms with Gasteiger partial charge in [0, 0.05) is 54.6 Å². The van der Waals surface area contributed by atoms with E-state index < -0.39 is 0 Å². The molecule has 1 aromatic carbocycles. The molecule has 160 valence electrons. The Balaban J connectivity index is 1.18. The third kappa shape index (κ3) is 2.43. The third-order valence-corrected chi connectivity index (χ3v) is 7.88. The molecule has 2 aromatic heterocycles. The zero-order chi connectivity index (χ0) is 21.5. The summed E-state index contributed by atoms with van der Waals surface area (Å²) >= 11 is 0. The second-order valence-electron chi connectivity index (χ2n) is 10.1. The van der Waals surface area contributed by atoms with E-state index in [1.807, 2.05) is 18.2 Å². The molecular formula is C24H23N7O. The molecule has 8 heteroatoms. The van der Waals surface area contributed by atoms with Crippen molar-refractivity contribution in [3.8, 4) is 6.07 Å². The highest BCUT2D eigenvalue weighted by atomic mass is 16.1. The molecule has 0 unspecified atom stereocenters. The average molecular weight is 425 g/mol. The smallest absolute Gasteiger partial charge is 0.270 e. The van der Waals surface area contributed by atoms with Crippen LogP contribution in [0.3, 0.4) is 0 Å². The third-order valence-electron chi connectivity index (χ3n) is 7.88. The van der Waals surface area contributed by atoms with Crippen LogP contribution in [0.5, 0.6) is 0 Å². The molecule has 0 atom stereocenters. The van der Waals surface area contributed by atoms with Crippen molar-refractivity contribution in [3.05, 3.63) is 52.4 Å². The summed E-state index contributed by atoms with van der Waals surface area (Å²) in [5.74, 6) is 1.17. The van der Waals surface area contributed by atoms with Gasteiger partial charge in [-0.15, -0.1) is 0 Å². The van der Waals surface area contributed by atoms with Crippen LogP contribution in [0.1, 0.15) is 24.8 Å². The van der Waals surface area contributed by atoms with E-state index in [0.29, 0.717) is 22.9 Å². The van der Waals surface area contributed by atoms with Crippen molar-refractivity contribution in [1.82, 2.24) is 19.9 Å². The van der Waals surface area contributed by atoms with E-state index in [2.05, 4.69) is 32.7 Å². The summed E-state index contributed by atoms with van der Waals surface area (Å²) in [5, 5.41) is 16.8. The van der Waals surface area contributed by atoms with Crippen molar-refractivity contribution >= 4 is 28.4 Å². The van der Waals surface area contributed by atoms with Crippen LogP contribution < -0.4 is 21.1 Å². The van der Waals surface area contributed by atoms with Crippen molar-refractivity contribution in [2.45, 2.75) is 24.8 Å². The number of anilines is 3. The molecular weight excluding hydrogens is 402 g/mol. The predicted octanol–water partition coefficient (Wildman–Crippen LogP) is 2.33. The van der Waals surface area contributed by atoms with Crippen molar-refractivity contribution < 1.29 is 0 Å². The molecule has 2 saturated heterocycles. The SMILES string of the molecule is N#Cc1cc2cnc(Nc3ccc(N4CC5(CNC5)C4)cc3)nc2n(C23CC(C2)C3)c1=O. The van der Waals surface area contributed by atoms with E-state index in [1.165, 1.54) is 5.69 Å². The van der Waals surface area contributed by atoms with Gasteiger partial charge in [0.25, 0.3) is 5.56 Å². The normalized spacial score (nSPS) is 26.5. The van der Waals surface area contributed by atoms with Crippen LogP contribution in [-0.4, -0.2) is 40.7 Å². The molecule has 8 rings (SSSR count). The molecule has 8 nitrogen and oxygen atoms in total. The first-order valence-electron chi connectivity index (χ1n) is 11.2. The first-order chi connectivity index (χ1) is 15.6. The number of nitriles is 1. The molecule has 2 bridgehead atoms. The Labute approximate surface area is 184 Å². The van der Waals surface area contributed by atoms with Crippen molar-refractivity contribution in [2.24, 2.45) is 11.3 Å². The minimum absolute atomic E-state index is 0.160. The van der Waals surface area contributed by atoms with Gasteiger partial charge in [0.05, 0.1) is 5.54 Å². The first-order valence-corrected chi connectivity index (χ1v) is 11.2. The summed E-state index contributed by atoms with van der Waals surface area (Å²) < 4.78 is 1.77. The molecule has 0 amide bonds. The molecule has 3 saturated carbocycles. The molecule has 32 heavy (non-hydrogen) atoms. The Bertz CT molecular complexity index is 1340. The van der Waals surface area contributed by atoms with Crippen molar-refractivity contribution in [3.63, 3.8) is 0 Å². The minimum atomic E-state index is -0.235. The molecule has 2 aliphatic heterocycles. The number of fused-ring (bicyclic) bond motifs is 1. The lowest BCUT2D eigenvalue weighted by atomic mass is 9.49. The number of aromatic nitrogens is 3. The number of nitrogens with zero attached hydrogens (tertiary/aromatic N) is 5. The predicted molar refractivity (Wildman–Crippen MR) is 121 cm³/mol. The number of rotatable bonds is 4. The van der Waals surface area contributed by atoms with Gasteiger partial charge in [-0.05, 0) is 55.5 Å². The maximum Gasteiger partial charge on any atom is 0.270 e. The Hall–Kier alpha value is -3.44. The summed E-state index contributed by atoms with van der Waals surface area (Å²) in [4.78, 5) is 24.6. The van der Waals surface area contributed by atoms with Gasteiger partial charge in [0.2, 0.25) is 5.95 Å². The zero-order valence-electron chi connectivity index (χ0n) is 17.6. The number of pyridine rings is 1. The minimum Gasteiger partial charge on any atom is -0.370 e. The number of benzene rings is 1. The summed E-state index contributed by atoms with van der Waals surface area (Å²) in [6.45, 7) is 4.49. The Morgan fingerprint density at radius 1 is 1.16 bits per heavy atom. The van der Waals surface area contributed by atoms with Crippen LogP contribution >= 0.6 is 0 Å². The van der Waals surface area contributed by atoms with Crippen LogP contribution in [0.15, 0.2) is 41.3 Å². The molecule has 3 aromatic rings. The molecule has 0 radical (unpaired) electrons. The van der Waals surface area contributed by atoms with E-state index in [-0.39, 0.29) is 16.7 Å². The van der Waals surface area contributed by atoms with E-state index >= 15 is 0 Å². The highest BCUT2D eigenvalue weighted by Gasteiger charge is 2.59. The topological polar surface area (TPSA) is 98.9 Å². The quantitative estimate of drug-likeness (QED) is 0.662. The lowest BCUT2D eigenvalue weighted by molar-refractivity contribution is -0.0884. The van der Waals surface area contributed by atoms with Crippen molar-refractivity contribution in [1.29, 1.82) is 5.26 Å². The lowest BCUT2D eigenvalue weighted by Gasteiger charge is -2.62. The van der Waals surface area contributed by atoms with Gasteiger partial charge in [-0.25, -0.2) is 4.98 Å². The van der Waals surface area contributed by atoms with Gasteiger partial charge < -0.3 is 15.5 Å². The van der Waals surface area contributed by atoms with Crippen LogP contribution in [0.2, 0.25) is 0 Å². The van der Waals surface area contributed by atoms with Crippen LogP contribution in [0.4, 0.5) is 17.3 Å². The van der Waals surface area contributed by atoms with Crippen LogP contribution in [0, 0.1) is 22.7 Å². The van der Waals surface area contributed by atoms with Crippen molar-refractivity contribution in [2.75, 3.05) is 36.4 Å². The Morgan fingerprint density at radius 3 is 2.50 bits per heavy atom. The monoisotopic (exact) mass is 425 g/mol. The van der Waals surface area contributed by atoms with Gasteiger partial charge in [0.15, 0.2) is 0 Å². The standard InChI is InChI=1S/C24H23N7O/c25-9-16-5-17-10-27-22(29-20(17)31(21(16)32)24-6-15(7-24)8-24)28-18-1-3-19(4-2-18)30-13-23(14-30)11-26-12-23/h1-5,10,15,26H,6-8,11-14H2,(H,27,28,29). The maximum atomic E-state index is 13.0. The molecule has 5 fully saturated rings. The second kappa shape index (κ2) is 6.08. The average Bonchev–Trinajstić information content (AvgIpc) is 2.67. The largest absolute Gasteiger partial charge is 0.370 e. The van der Waals surface area contributed by atoms with Crippen LogP contribution in [0.25, 0.3) is 11.0 Å². The second-order valence-corrected chi connectivity index (χ2v) is 10.1. The Kier molecular flexibility index (Phi) is 3.45. The number of hydrogen-bond donors (Lipinski definition) is 2. The first kappa shape index (κ1) is 18.2. The zero-order valence-corrected chi connectivity index (χ0v) is 17.6. The Morgan fingerprint density at radius 2 is 1.91 bits per heavy atom. The summed E-state index contributed by atoms with van der Waals surface area (Å²) in [5.41, 5.74) is 3.01. The molecule has 3 aliphatic carbocycles. The highest BCUT2D eigenvalue weighted by molar-refractivity contribution is 5.78. The fraction of sp³-hybridized carbons (Fsp3) is 0.417. The van der Waals surface area contributed by atoms with E-state index in [0.717, 1.165) is 56.5 Å². The lowest BCUT2D eigenvalue weighted by Crippen LogP contribution is -2.71. The highest BCUT2D eigenvalue weighted by Crippen LogP contribution is 2.62. The fourth-order valence-electron chi connectivity index (χ4n) is 5.92.